The number of halogens is 2. The molecule has 238 valence electrons. The molecule has 3 amide bonds. The molecule has 0 radical (unpaired) electrons. The van der Waals surface area contributed by atoms with Crippen LogP contribution in [0.15, 0.2) is 113 Å². The minimum atomic E-state index is -0.467. The Hall–Kier alpha value is -4.41. The number of benzene rings is 4. The van der Waals surface area contributed by atoms with Crippen molar-refractivity contribution in [1.82, 2.24) is 10.3 Å². The first-order valence-electron chi connectivity index (χ1n) is 14.6. The molecule has 0 saturated carbocycles. The van der Waals surface area contributed by atoms with E-state index in [1.54, 1.807) is 54.6 Å². The first-order valence-corrected chi connectivity index (χ1v) is 17.2. The molecule has 0 aliphatic heterocycles. The number of carbonyl (C=O) groups excluding carboxylic acids is 3. The van der Waals surface area contributed by atoms with Crippen LogP contribution < -0.4 is 16.0 Å². The minimum absolute atomic E-state index is 0.107. The van der Waals surface area contributed by atoms with Gasteiger partial charge in [-0.1, -0.05) is 85.6 Å². The van der Waals surface area contributed by atoms with Crippen molar-refractivity contribution in [3.05, 3.63) is 135 Å². The number of amides is 3. The van der Waals surface area contributed by atoms with Crippen molar-refractivity contribution in [3.63, 3.8) is 0 Å². The first-order chi connectivity index (χ1) is 22.6. The van der Waals surface area contributed by atoms with Gasteiger partial charge in [-0.05, 0) is 71.7 Å². The van der Waals surface area contributed by atoms with E-state index in [-0.39, 0.29) is 23.3 Å². The fraction of sp³-hybridized carbons (Fsp3) is 0.111. The summed E-state index contributed by atoms with van der Waals surface area (Å²) in [4.78, 5) is 44.3. The zero-order valence-corrected chi connectivity index (χ0v) is 28.6. The van der Waals surface area contributed by atoms with Crippen LogP contribution in [0.1, 0.15) is 41.3 Å². The van der Waals surface area contributed by atoms with E-state index in [4.69, 9.17) is 23.2 Å². The Bertz CT molecular complexity index is 1910. The van der Waals surface area contributed by atoms with Crippen LogP contribution in [0.25, 0.3) is 17.3 Å². The molecular weight excluding hydrogens is 671 g/mol. The second-order valence-electron chi connectivity index (χ2n) is 10.7. The summed E-state index contributed by atoms with van der Waals surface area (Å²) >= 11 is 14.8. The monoisotopic (exact) mass is 700 g/mol. The van der Waals surface area contributed by atoms with Gasteiger partial charge in [-0.3, -0.25) is 14.4 Å². The van der Waals surface area contributed by atoms with E-state index in [0.29, 0.717) is 38.0 Å². The molecule has 11 heteroatoms. The van der Waals surface area contributed by atoms with Crippen molar-refractivity contribution >= 4 is 80.9 Å². The summed E-state index contributed by atoms with van der Waals surface area (Å²) in [5.74, 6) is -0.518. The molecule has 0 aliphatic rings. The van der Waals surface area contributed by atoms with Gasteiger partial charge in [-0.25, -0.2) is 4.98 Å². The van der Waals surface area contributed by atoms with Crippen LogP contribution in [0, 0.1) is 0 Å². The van der Waals surface area contributed by atoms with Gasteiger partial charge in [-0.15, -0.1) is 23.1 Å². The standard InChI is InChI=1S/C36H30Cl2N4O3S2/c1-22(2)24-10-8-23(9-11-24)18-31(40-34(44)25-6-4-3-5-7-25)35(45)39-27-13-15-28(16-14-27)46-21-33(43)42-36-41-32(20-47-36)26-12-17-29(37)30(38)19-26/h3-20,22H,21H2,1-2H3,(H,39,45)(H,40,44)(H,41,42,43)/b31-18-. The van der Waals surface area contributed by atoms with Gasteiger partial charge in [0.2, 0.25) is 5.91 Å². The number of rotatable bonds is 11. The summed E-state index contributed by atoms with van der Waals surface area (Å²) in [7, 11) is 0. The third-order valence-corrected chi connectivity index (χ3v) is 9.40. The Morgan fingerprint density at radius 1 is 0.872 bits per heavy atom. The van der Waals surface area contributed by atoms with E-state index in [0.717, 1.165) is 16.0 Å². The lowest BCUT2D eigenvalue weighted by Crippen LogP contribution is -2.30. The highest BCUT2D eigenvalue weighted by molar-refractivity contribution is 8.00. The molecule has 4 aromatic carbocycles. The molecule has 0 saturated heterocycles. The Labute approximate surface area is 291 Å². The van der Waals surface area contributed by atoms with E-state index < -0.39 is 5.91 Å². The maximum Gasteiger partial charge on any atom is 0.272 e. The molecular formula is C36H30Cl2N4O3S2. The van der Waals surface area contributed by atoms with Gasteiger partial charge in [-0.2, -0.15) is 0 Å². The third kappa shape index (κ3) is 9.56. The minimum Gasteiger partial charge on any atom is -0.321 e. The van der Waals surface area contributed by atoms with Crippen molar-refractivity contribution in [2.45, 2.75) is 24.7 Å². The van der Waals surface area contributed by atoms with Gasteiger partial charge in [0.15, 0.2) is 5.13 Å². The number of hydrogen-bond acceptors (Lipinski definition) is 6. The van der Waals surface area contributed by atoms with Crippen LogP contribution in [-0.2, 0) is 9.59 Å². The molecule has 0 spiro atoms. The summed E-state index contributed by atoms with van der Waals surface area (Å²) < 4.78 is 0. The number of thioether (sulfide) groups is 1. The Kier molecular flexibility index (Phi) is 11.5. The molecule has 0 bridgehead atoms. The number of nitrogens with zero attached hydrogens (tertiary/aromatic N) is 1. The second kappa shape index (κ2) is 15.9. The average Bonchev–Trinajstić information content (AvgIpc) is 3.54. The van der Waals surface area contributed by atoms with E-state index in [1.807, 2.05) is 53.9 Å². The van der Waals surface area contributed by atoms with Crippen LogP contribution in [0.4, 0.5) is 10.8 Å². The van der Waals surface area contributed by atoms with Gasteiger partial charge < -0.3 is 16.0 Å². The molecule has 5 aromatic rings. The number of thiazole rings is 1. The number of aromatic nitrogens is 1. The summed E-state index contributed by atoms with van der Waals surface area (Å²) in [6.07, 6.45) is 1.65. The zero-order valence-electron chi connectivity index (χ0n) is 25.4. The van der Waals surface area contributed by atoms with Gasteiger partial charge in [0, 0.05) is 27.1 Å². The fourth-order valence-electron chi connectivity index (χ4n) is 4.34. The van der Waals surface area contributed by atoms with E-state index in [1.165, 1.54) is 28.7 Å². The number of nitrogens with one attached hydrogen (secondary N) is 3. The third-order valence-electron chi connectivity index (χ3n) is 6.89. The summed E-state index contributed by atoms with van der Waals surface area (Å²) in [5, 5.41) is 11.7. The Balaban J connectivity index is 1.19. The number of hydrogen-bond donors (Lipinski definition) is 3. The van der Waals surface area contributed by atoms with Crippen molar-refractivity contribution in [2.75, 3.05) is 16.4 Å². The highest BCUT2D eigenvalue weighted by Gasteiger charge is 2.16. The van der Waals surface area contributed by atoms with Crippen LogP contribution in [0.5, 0.6) is 0 Å². The van der Waals surface area contributed by atoms with E-state index >= 15 is 0 Å². The first kappa shape index (κ1) is 33.9. The van der Waals surface area contributed by atoms with Crippen molar-refractivity contribution in [2.24, 2.45) is 0 Å². The van der Waals surface area contributed by atoms with Crippen LogP contribution >= 0.6 is 46.3 Å². The van der Waals surface area contributed by atoms with Crippen molar-refractivity contribution in [1.29, 1.82) is 0 Å². The molecule has 0 atom stereocenters. The van der Waals surface area contributed by atoms with E-state index in [9.17, 15) is 14.4 Å². The predicted molar refractivity (Wildman–Crippen MR) is 194 cm³/mol. The summed E-state index contributed by atoms with van der Waals surface area (Å²) in [5.41, 5.74) is 4.53. The lowest BCUT2D eigenvalue weighted by atomic mass is 10.0. The fourth-order valence-corrected chi connectivity index (χ4v) is 6.07. The van der Waals surface area contributed by atoms with Gasteiger partial charge in [0.1, 0.15) is 5.70 Å². The summed E-state index contributed by atoms with van der Waals surface area (Å²) in [6.45, 7) is 4.22. The Morgan fingerprint density at radius 3 is 2.28 bits per heavy atom. The molecule has 0 fully saturated rings. The molecule has 3 N–H and O–H groups in total. The predicted octanol–water partition coefficient (Wildman–Crippen LogP) is 9.38. The van der Waals surface area contributed by atoms with Gasteiger partial charge >= 0.3 is 0 Å². The highest BCUT2D eigenvalue weighted by Crippen LogP contribution is 2.31. The molecule has 5 rings (SSSR count). The summed E-state index contributed by atoms with van der Waals surface area (Å²) in [6, 6.07) is 29.0. The lowest BCUT2D eigenvalue weighted by Gasteiger charge is -2.12. The Morgan fingerprint density at radius 2 is 1.60 bits per heavy atom. The molecule has 1 aromatic heterocycles. The smallest absolute Gasteiger partial charge is 0.272 e. The maximum atomic E-state index is 13.4. The zero-order chi connectivity index (χ0) is 33.3. The molecule has 1 heterocycles. The number of anilines is 2. The SMILES string of the molecule is CC(C)c1ccc(/C=C(\NC(=O)c2ccccc2)C(=O)Nc2ccc(SCC(=O)Nc3nc(-c4ccc(Cl)c(Cl)c4)cs3)cc2)cc1. The molecule has 0 unspecified atom stereocenters. The molecule has 0 aliphatic carbocycles. The maximum absolute atomic E-state index is 13.4. The van der Waals surface area contributed by atoms with E-state index in [2.05, 4.69) is 34.8 Å². The molecule has 7 nitrogen and oxygen atoms in total. The second-order valence-corrected chi connectivity index (χ2v) is 13.4. The largest absolute Gasteiger partial charge is 0.321 e. The number of carbonyl (C=O) groups is 3. The van der Waals surface area contributed by atoms with Gasteiger partial charge in [0.25, 0.3) is 11.8 Å². The normalized spacial score (nSPS) is 11.3. The quantitative estimate of drug-likeness (QED) is 0.0942. The topological polar surface area (TPSA) is 100 Å². The van der Waals surface area contributed by atoms with Crippen molar-refractivity contribution in [3.8, 4) is 11.3 Å². The van der Waals surface area contributed by atoms with Crippen LogP contribution in [-0.4, -0.2) is 28.5 Å². The van der Waals surface area contributed by atoms with Gasteiger partial charge in [0.05, 0.1) is 21.5 Å². The highest BCUT2D eigenvalue weighted by atomic mass is 35.5. The lowest BCUT2D eigenvalue weighted by molar-refractivity contribution is -0.114. The van der Waals surface area contributed by atoms with Crippen LogP contribution in [0.2, 0.25) is 10.0 Å². The average molecular weight is 702 g/mol. The van der Waals surface area contributed by atoms with Crippen LogP contribution in [0.3, 0.4) is 0 Å². The molecule has 47 heavy (non-hydrogen) atoms. The van der Waals surface area contributed by atoms with Crippen molar-refractivity contribution < 1.29 is 14.4 Å².